The lowest BCUT2D eigenvalue weighted by Crippen LogP contribution is -2.42. The van der Waals surface area contributed by atoms with Gasteiger partial charge in [0.2, 0.25) is 0 Å². The maximum Gasteiger partial charge on any atom is 0.0573 e. The summed E-state index contributed by atoms with van der Waals surface area (Å²) in [6.07, 6.45) is 9.16. The van der Waals surface area contributed by atoms with Crippen LogP contribution in [0.4, 0.5) is 0 Å². The van der Waals surface area contributed by atoms with Gasteiger partial charge < -0.3 is 5.11 Å². The third-order valence-electron chi connectivity index (χ3n) is 7.93. The van der Waals surface area contributed by atoms with Gasteiger partial charge in [0.25, 0.3) is 0 Å². The zero-order chi connectivity index (χ0) is 13.8. The van der Waals surface area contributed by atoms with E-state index in [2.05, 4.69) is 27.7 Å². The topological polar surface area (TPSA) is 20.2 Å². The SMILES string of the molecule is CCC1CCC([C@@H]2C[C@H]3CC[C@]2(C)C3(C)C)C(O)C1. The molecule has 0 aromatic heterocycles. The van der Waals surface area contributed by atoms with Gasteiger partial charge in [-0.2, -0.15) is 0 Å². The van der Waals surface area contributed by atoms with E-state index in [0.29, 0.717) is 16.7 Å². The monoisotopic (exact) mass is 264 g/mol. The molecule has 3 saturated carbocycles. The number of hydrogen-bond acceptors (Lipinski definition) is 1. The Bertz CT molecular complexity index is 348. The van der Waals surface area contributed by atoms with E-state index in [1.807, 2.05) is 0 Å². The van der Waals surface area contributed by atoms with Gasteiger partial charge in [0.1, 0.15) is 0 Å². The molecular weight excluding hydrogens is 232 g/mol. The van der Waals surface area contributed by atoms with Gasteiger partial charge in [-0.1, -0.05) is 34.1 Å². The average Bonchev–Trinajstić information content (AvgIpc) is 2.71. The maximum absolute atomic E-state index is 10.6. The highest BCUT2D eigenvalue weighted by Gasteiger charge is 2.63. The Morgan fingerprint density at radius 2 is 1.79 bits per heavy atom. The van der Waals surface area contributed by atoms with Crippen LogP contribution < -0.4 is 0 Å². The highest BCUT2D eigenvalue weighted by atomic mass is 16.3. The van der Waals surface area contributed by atoms with Crippen molar-refractivity contribution in [1.29, 1.82) is 0 Å². The van der Waals surface area contributed by atoms with Crippen molar-refractivity contribution in [1.82, 2.24) is 0 Å². The Morgan fingerprint density at radius 3 is 2.26 bits per heavy atom. The quantitative estimate of drug-likeness (QED) is 0.770. The first-order valence-electron chi connectivity index (χ1n) is 8.58. The number of hydrogen-bond donors (Lipinski definition) is 1. The number of fused-ring (bicyclic) bond motifs is 2. The van der Waals surface area contributed by atoms with Crippen LogP contribution in [0.15, 0.2) is 0 Å². The number of aliphatic hydroxyl groups is 1. The minimum atomic E-state index is -0.0179. The largest absolute Gasteiger partial charge is 0.393 e. The third-order valence-corrected chi connectivity index (χ3v) is 7.93. The highest BCUT2D eigenvalue weighted by Crippen LogP contribution is 2.70. The molecule has 19 heavy (non-hydrogen) atoms. The molecule has 110 valence electrons. The molecule has 0 amide bonds. The Kier molecular flexibility index (Phi) is 3.28. The number of rotatable bonds is 2. The van der Waals surface area contributed by atoms with Crippen molar-refractivity contribution in [3.05, 3.63) is 0 Å². The molecule has 2 bridgehead atoms. The van der Waals surface area contributed by atoms with Crippen LogP contribution in [0.25, 0.3) is 0 Å². The molecule has 3 rings (SSSR count). The van der Waals surface area contributed by atoms with Crippen molar-refractivity contribution in [2.75, 3.05) is 0 Å². The first-order chi connectivity index (χ1) is 8.90. The summed E-state index contributed by atoms with van der Waals surface area (Å²) in [7, 11) is 0. The van der Waals surface area contributed by atoms with Gasteiger partial charge in [-0.05, 0) is 73.0 Å². The maximum atomic E-state index is 10.6. The van der Waals surface area contributed by atoms with Gasteiger partial charge in [-0.3, -0.25) is 0 Å². The van der Waals surface area contributed by atoms with E-state index < -0.39 is 0 Å². The van der Waals surface area contributed by atoms with E-state index in [9.17, 15) is 5.11 Å². The molecule has 1 nitrogen and oxygen atoms in total. The fourth-order valence-corrected chi connectivity index (χ4v) is 6.01. The highest BCUT2D eigenvalue weighted by molar-refractivity contribution is 5.12. The van der Waals surface area contributed by atoms with Crippen molar-refractivity contribution < 1.29 is 5.11 Å². The predicted molar refractivity (Wildman–Crippen MR) is 79.8 cm³/mol. The van der Waals surface area contributed by atoms with Crippen LogP contribution >= 0.6 is 0 Å². The molecule has 0 radical (unpaired) electrons. The molecule has 0 saturated heterocycles. The van der Waals surface area contributed by atoms with Crippen LogP contribution in [-0.2, 0) is 0 Å². The van der Waals surface area contributed by atoms with Crippen molar-refractivity contribution >= 4 is 0 Å². The molecule has 0 aliphatic heterocycles. The average molecular weight is 264 g/mol. The molecule has 0 spiro atoms. The minimum Gasteiger partial charge on any atom is -0.393 e. The van der Waals surface area contributed by atoms with Crippen LogP contribution in [0.1, 0.15) is 72.6 Å². The summed E-state index contributed by atoms with van der Waals surface area (Å²) < 4.78 is 0. The fraction of sp³-hybridized carbons (Fsp3) is 1.00. The summed E-state index contributed by atoms with van der Waals surface area (Å²) in [6.45, 7) is 9.80. The Morgan fingerprint density at radius 1 is 1.05 bits per heavy atom. The minimum absolute atomic E-state index is 0.0179. The number of aliphatic hydroxyl groups excluding tert-OH is 1. The van der Waals surface area contributed by atoms with E-state index in [1.165, 1.54) is 38.5 Å². The lowest BCUT2D eigenvalue weighted by atomic mass is 9.60. The summed E-state index contributed by atoms with van der Waals surface area (Å²) >= 11 is 0. The van der Waals surface area contributed by atoms with Gasteiger partial charge in [0, 0.05) is 0 Å². The fourth-order valence-electron chi connectivity index (χ4n) is 6.01. The van der Waals surface area contributed by atoms with Crippen LogP contribution in [0.3, 0.4) is 0 Å². The van der Waals surface area contributed by atoms with Crippen LogP contribution in [-0.4, -0.2) is 11.2 Å². The van der Waals surface area contributed by atoms with Crippen LogP contribution in [0.5, 0.6) is 0 Å². The molecule has 0 aromatic rings. The second-order valence-electron chi connectivity index (χ2n) is 8.54. The molecule has 0 aromatic carbocycles. The first-order valence-corrected chi connectivity index (χ1v) is 8.58. The second kappa shape index (κ2) is 4.48. The van der Waals surface area contributed by atoms with Gasteiger partial charge in [-0.15, -0.1) is 0 Å². The second-order valence-corrected chi connectivity index (χ2v) is 8.54. The van der Waals surface area contributed by atoms with Crippen molar-refractivity contribution in [2.24, 2.45) is 34.5 Å². The molecule has 1 heteroatoms. The molecule has 0 heterocycles. The molecule has 3 aliphatic carbocycles. The van der Waals surface area contributed by atoms with E-state index in [1.54, 1.807) is 0 Å². The van der Waals surface area contributed by atoms with E-state index in [0.717, 1.165) is 24.2 Å². The van der Waals surface area contributed by atoms with Gasteiger partial charge in [0.15, 0.2) is 0 Å². The zero-order valence-corrected chi connectivity index (χ0v) is 13.3. The Labute approximate surface area is 119 Å². The van der Waals surface area contributed by atoms with E-state index in [4.69, 9.17) is 0 Å². The lowest BCUT2D eigenvalue weighted by molar-refractivity contribution is -0.0343. The molecule has 6 atom stereocenters. The smallest absolute Gasteiger partial charge is 0.0573 e. The molecule has 3 aliphatic rings. The summed E-state index contributed by atoms with van der Waals surface area (Å²) in [6, 6.07) is 0. The van der Waals surface area contributed by atoms with Crippen LogP contribution in [0.2, 0.25) is 0 Å². The molecule has 3 unspecified atom stereocenters. The predicted octanol–water partition coefficient (Wildman–Crippen LogP) is 4.64. The summed E-state index contributed by atoms with van der Waals surface area (Å²) in [4.78, 5) is 0. The molecular formula is C18H32O. The van der Waals surface area contributed by atoms with Gasteiger partial charge in [0.05, 0.1) is 6.10 Å². The zero-order valence-electron chi connectivity index (χ0n) is 13.3. The molecule has 1 N–H and O–H groups in total. The van der Waals surface area contributed by atoms with Gasteiger partial charge in [-0.25, -0.2) is 0 Å². The third kappa shape index (κ3) is 1.83. The lowest BCUT2D eigenvalue weighted by Gasteiger charge is -2.46. The van der Waals surface area contributed by atoms with E-state index >= 15 is 0 Å². The van der Waals surface area contributed by atoms with Gasteiger partial charge >= 0.3 is 0 Å². The molecule has 3 fully saturated rings. The standard InChI is InChI=1S/C18H32O/c1-5-12-6-7-14(16(19)10-12)15-11-13-8-9-18(15,4)17(13,2)3/h12-16,19H,5-11H2,1-4H3/t12?,13-,14?,15+,16?,18+/m1/s1. The van der Waals surface area contributed by atoms with Crippen molar-refractivity contribution in [3.63, 3.8) is 0 Å². The van der Waals surface area contributed by atoms with Crippen molar-refractivity contribution in [3.8, 4) is 0 Å². The first kappa shape index (κ1) is 13.9. The summed E-state index contributed by atoms with van der Waals surface area (Å²) in [5.74, 6) is 3.08. The summed E-state index contributed by atoms with van der Waals surface area (Å²) in [5, 5.41) is 10.6. The Balaban J connectivity index is 1.78. The van der Waals surface area contributed by atoms with E-state index in [-0.39, 0.29) is 6.10 Å². The normalized spacial score (nSPS) is 52.6. The Hall–Kier alpha value is -0.0400. The summed E-state index contributed by atoms with van der Waals surface area (Å²) in [5.41, 5.74) is 0.987. The van der Waals surface area contributed by atoms with Crippen LogP contribution in [0, 0.1) is 34.5 Å². The van der Waals surface area contributed by atoms with Crippen molar-refractivity contribution in [2.45, 2.75) is 78.7 Å².